The van der Waals surface area contributed by atoms with Crippen molar-refractivity contribution >= 4 is 21.6 Å². The zero-order valence-electron chi connectivity index (χ0n) is 15.4. The number of hydrogen-bond donors (Lipinski definition) is 4. The lowest BCUT2D eigenvalue weighted by Crippen LogP contribution is -2.48. The molecule has 0 aromatic heterocycles. The van der Waals surface area contributed by atoms with E-state index in [9.17, 15) is 28.4 Å². The molecule has 5 N–H and O–H groups in total. The van der Waals surface area contributed by atoms with Gasteiger partial charge in [-0.1, -0.05) is 30.3 Å². The number of nitro groups is 1. The molecule has 0 heterocycles. The van der Waals surface area contributed by atoms with Gasteiger partial charge >= 0.3 is 0 Å². The predicted molar refractivity (Wildman–Crippen MR) is 105 cm³/mol. The number of non-ortho nitro benzene ring substituents is 1. The van der Waals surface area contributed by atoms with Crippen LogP contribution in [-0.2, 0) is 21.2 Å². The number of benzene rings is 2. The molecule has 0 saturated heterocycles. The third-order valence-corrected chi connectivity index (χ3v) is 5.54. The van der Waals surface area contributed by atoms with Crippen molar-refractivity contribution < 1.29 is 23.2 Å². The van der Waals surface area contributed by atoms with Gasteiger partial charge in [0.05, 0.1) is 9.82 Å². The average molecular weight is 422 g/mol. The summed E-state index contributed by atoms with van der Waals surface area (Å²) in [7, 11) is -3.89. The van der Waals surface area contributed by atoms with Crippen LogP contribution < -0.4 is 15.8 Å². The third-order valence-electron chi connectivity index (χ3n) is 4.06. The number of nitro benzene ring substituents is 1. The molecule has 0 aliphatic carbocycles. The summed E-state index contributed by atoms with van der Waals surface area (Å²) in [6, 6.07) is 12.7. The number of nitrogens with two attached hydrogens (primary N) is 1. The van der Waals surface area contributed by atoms with Crippen LogP contribution in [0.15, 0.2) is 59.5 Å². The van der Waals surface area contributed by atoms with Crippen LogP contribution in [-0.4, -0.2) is 49.6 Å². The third kappa shape index (κ3) is 6.61. The molecule has 0 spiro atoms. The van der Waals surface area contributed by atoms with Gasteiger partial charge in [0.1, 0.15) is 6.10 Å². The van der Waals surface area contributed by atoms with Gasteiger partial charge in [0.15, 0.2) is 0 Å². The number of sulfonamides is 1. The number of carbonyl (C=O) groups is 1. The molecule has 0 bridgehead atoms. The van der Waals surface area contributed by atoms with Gasteiger partial charge in [0.2, 0.25) is 10.0 Å². The van der Waals surface area contributed by atoms with E-state index in [4.69, 9.17) is 5.73 Å². The Hall–Kier alpha value is -2.86. The molecule has 156 valence electrons. The normalized spacial score (nSPS) is 13.4. The Bertz CT molecular complexity index is 935. The van der Waals surface area contributed by atoms with E-state index in [1.165, 1.54) is 0 Å². The summed E-state index contributed by atoms with van der Waals surface area (Å²) in [6.45, 7) is -0.203. The number of hydrogen-bond acceptors (Lipinski definition) is 7. The second kappa shape index (κ2) is 10.1. The van der Waals surface area contributed by atoms with Crippen molar-refractivity contribution in [3.63, 3.8) is 0 Å². The van der Waals surface area contributed by atoms with Crippen molar-refractivity contribution in [2.24, 2.45) is 5.73 Å². The molecule has 0 fully saturated rings. The highest BCUT2D eigenvalue weighted by molar-refractivity contribution is 7.89. The maximum Gasteiger partial charge on any atom is 0.269 e. The number of aliphatic hydroxyl groups is 1. The quantitative estimate of drug-likeness (QED) is 0.236. The maximum atomic E-state index is 12.1. The summed E-state index contributed by atoms with van der Waals surface area (Å²) in [4.78, 5) is 21.8. The Morgan fingerprint density at radius 2 is 1.72 bits per heavy atom. The van der Waals surface area contributed by atoms with Crippen LogP contribution in [0.5, 0.6) is 0 Å². The van der Waals surface area contributed by atoms with Gasteiger partial charge < -0.3 is 16.2 Å². The number of carbonyl (C=O) groups excluding carboxylic acids is 1. The zero-order valence-corrected chi connectivity index (χ0v) is 16.2. The summed E-state index contributed by atoms with van der Waals surface area (Å²) in [5.74, 6) is -0.706. The molecule has 1 unspecified atom stereocenters. The largest absolute Gasteiger partial charge is 0.382 e. The topological polar surface area (TPSA) is 165 Å². The minimum atomic E-state index is -3.89. The molecule has 11 heteroatoms. The molecule has 1 amide bonds. The molecular formula is C18H22N4O6S. The summed E-state index contributed by atoms with van der Waals surface area (Å²) >= 11 is 0. The summed E-state index contributed by atoms with van der Waals surface area (Å²) < 4.78 is 26.5. The second-order valence-corrected chi connectivity index (χ2v) is 8.01. The molecule has 0 aliphatic rings. The van der Waals surface area contributed by atoms with E-state index in [0.717, 1.165) is 29.8 Å². The van der Waals surface area contributed by atoms with E-state index in [-0.39, 0.29) is 23.7 Å². The van der Waals surface area contributed by atoms with Crippen molar-refractivity contribution in [3.8, 4) is 0 Å². The highest BCUT2D eigenvalue weighted by atomic mass is 32.2. The smallest absolute Gasteiger partial charge is 0.269 e. The van der Waals surface area contributed by atoms with Crippen molar-refractivity contribution in [1.29, 1.82) is 0 Å². The summed E-state index contributed by atoms with van der Waals surface area (Å²) in [5, 5.41) is 23.0. The SMILES string of the molecule is N[C@@H](Cc1ccccc1)C(O)C(=O)NCCNS(=O)(=O)c1ccc([N+](=O)[O-])cc1. The van der Waals surface area contributed by atoms with Crippen LogP contribution in [0.4, 0.5) is 5.69 Å². The highest BCUT2D eigenvalue weighted by Gasteiger charge is 2.23. The fourth-order valence-electron chi connectivity index (χ4n) is 2.50. The van der Waals surface area contributed by atoms with Crippen molar-refractivity contribution in [2.45, 2.75) is 23.5 Å². The van der Waals surface area contributed by atoms with Gasteiger partial charge in [-0.25, -0.2) is 13.1 Å². The van der Waals surface area contributed by atoms with Crippen LogP contribution in [0.3, 0.4) is 0 Å². The minimum absolute atomic E-state index is 0.0693. The standard InChI is InChI=1S/C18H22N4O6S/c19-16(12-13-4-2-1-3-5-13)17(23)18(24)20-10-11-21-29(27,28)15-8-6-14(7-9-15)22(25)26/h1-9,16-17,21,23H,10-12,19H2,(H,20,24)/t16-,17?/m0/s1. The Kier molecular flexibility index (Phi) is 7.79. The number of amides is 1. The molecule has 0 aliphatic heterocycles. The highest BCUT2D eigenvalue weighted by Crippen LogP contribution is 2.15. The Balaban J connectivity index is 1.79. The number of nitrogens with zero attached hydrogens (tertiary/aromatic N) is 1. The van der Waals surface area contributed by atoms with Gasteiger partial charge in [-0.05, 0) is 24.1 Å². The molecule has 2 rings (SSSR count). The van der Waals surface area contributed by atoms with E-state index < -0.39 is 33.0 Å². The fraction of sp³-hybridized carbons (Fsp3) is 0.278. The van der Waals surface area contributed by atoms with Crippen LogP contribution in [0.1, 0.15) is 5.56 Å². The predicted octanol–water partition coefficient (Wildman–Crippen LogP) is -0.0798. The molecule has 2 aromatic rings. The molecule has 29 heavy (non-hydrogen) atoms. The van der Waals surface area contributed by atoms with E-state index in [0.29, 0.717) is 6.42 Å². The fourth-order valence-corrected chi connectivity index (χ4v) is 3.53. The molecule has 0 radical (unpaired) electrons. The zero-order chi connectivity index (χ0) is 21.4. The summed E-state index contributed by atoms with van der Waals surface area (Å²) in [6.07, 6.45) is -1.14. The van der Waals surface area contributed by atoms with Crippen LogP contribution in [0, 0.1) is 10.1 Å². The van der Waals surface area contributed by atoms with Crippen LogP contribution in [0.25, 0.3) is 0 Å². The molecule has 2 atom stereocenters. The van der Waals surface area contributed by atoms with Crippen molar-refractivity contribution in [3.05, 3.63) is 70.3 Å². The monoisotopic (exact) mass is 422 g/mol. The number of nitrogens with one attached hydrogen (secondary N) is 2. The maximum absolute atomic E-state index is 12.1. The van der Waals surface area contributed by atoms with Crippen LogP contribution >= 0.6 is 0 Å². The van der Waals surface area contributed by atoms with Crippen LogP contribution in [0.2, 0.25) is 0 Å². The molecule has 2 aromatic carbocycles. The lowest BCUT2D eigenvalue weighted by Gasteiger charge is -2.18. The Labute approximate surface area is 167 Å². The van der Waals surface area contributed by atoms with Gasteiger partial charge in [-0.15, -0.1) is 0 Å². The van der Waals surface area contributed by atoms with Gasteiger partial charge in [-0.3, -0.25) is 14.9 Å². The average Bonchev–Trinajstić information content (AvgIpc) is 2.71. The van der Waals surface area contributed by atoms with E-state index in [1.807, 2.05) is 30.3 Å². The van der Waals surface area contributed by atoms with E-state index >= 15 is 0 Å². The van der Waals surface area contributed by atoms with Gasteiger partial charge in [0.25, 0.3) is 11.6 Å². The molecule has 10 nitrogen and oxygen atoms in total. The molecular weight excluding hydrogens is 400 g/mol. The second-order valence-electron chi connectivity index (χ2n) is 6.24. The molecule has 0 saturated carbocycles. The Morgan fingerprint density at radius 1 is 1.10 bits per heavy atom. The first-order chi connectivity index (χ1) is 13.7. The van der Waals surface area contributed by atoms with Crippen molar-refractivity contribution in [2.75, 3.05) is 13.1 Å². The van der Waals surface area contributed by atoms with E-state index in [2.05, 4.69) is 10.0 Å². The van der Waals surface area contributed by atoms with E-state index in [1.54, 1.807) is 0 Å². The van der Waals surface area contributed by atoms with Crippen molar-refractivity contribution in [1.82, 2.24) is 10.0 Å². The lowest BCUT2D eigenvalue weighted by atomic mass is 10.0. The first-order valence-electron chi connectivity index (χ1n) is 8.70. The van der Waals surface area contributed by atoms with Gasteiger partial charge in [-0.2, -0.15) is 0 Å². The Morgan fingerprint density at radius 3 is 2.31 bits per heavy atom. The first kappa shape index (κ1) is 22.4. The lowest BCUT2D eigenvalue weighted by molar-refractivity contribution is -0.384. The number of rotatable bonds is 10. The van der Waals surface area contributed by atoms with Gasteiger partial charge in [0, 0.05) is 31.3 Å². The first-order valence-corrected chi connectivity index (χ1v) is 10.2. The summed E-state index contributed by atoms with van der Waals surface area (Å²) in [5.41, 5.74) is 6.52. The minimum Gasteiger partial charge on any atom is -0.382 e. The number of aliphatic hydroxyl groups excluding tert-OH is 1.